The highest BCUT2D eigenvalue weighted by Crippen LogP contribution is 2.34. The number of benzene rings is 1. The van der Waals surface area contributed by atoms with Gasteiger partial charge in [-0.25, -0.2) is 12.8 Å². The molecule has 0 spiro atoms. The van der Waals surface area contributed by atoms with E-state index in [-0.39, 0.29) is 16.3 Å². The van der Waals surface area contributed by atoms with E-state index in [0.29, 0.717) is 23.9 Å². The molecule has 0 amide bonds. The Balaban J connectivity index is 1.89. The van der Waals surface area contributed by atoms with Crippen LogP contribution in [0.4, 0.5) is 15.8 Å². The van der Waals surface area contributed by atoms with Gasteiger partial charge in [0, 0.05) is 17.4 Å². The first-order valence-corrected chi connectivity index (χ1v) is 14.0. The summed E-state index contributed by atoms with van der Waals surface area (Å²) < 4.78 is 69.8. The van der Waals surface area contributed by atoms with Crippen molar-refractivity contribution in [3.63, 3.8) is 0 Å². The van der Waals surface area contributed by atoms with E-state index in [4.69, 9.17) is 0 Å². The van der Waals surface area contributed by atoms with Crippen LogP contribution < -0.4 is 15.6 Å². The van der Waals surface area contributed by atoms with Crippen LogP contribution in [0.15, 0.2) is 50.6 Å². The molecule has 0 aliphatic carbocycles. The monoisotopic (exact) mass is 522 g/mol. The maximum Gasteiger partial charge on any atom is 0.286 e. The average Bonchev–Trinajstić information content (AvgIpc) is 2.75. The Bertz CT molecular complexity index is 1650. The van der Waals surface area contributed by atoms with Crippen molar-refractivity contribution in [1.29, 1.82) is 0 Å². The molecule has 1 aromatic carbocycles. The van der Waals surface area contributed by atoms with E-state index < -0.39 is 48.6 Å². The minimum absolute atomic E-state index is 0.0117. The molecule has 0 saturated carbocycles. The van der Waals surface area contributed by atoms with Crippen molar-refractivity contribution in [3.05, 3.63) is 63.8 Å². The van der Waals surface area contributed by atoms with Gasteiger partial charge in [0.25, 0.3) is 15.6 Å². The number of rotatable bonds is 7. The van der Waals surface area contributed by atoms with Gasteiger partial charge < -0.3 is 10.4 Å². The smallest absolute Gasteiger partial charge is 0.286 e. The number of pyridine rings is 2. The fraction of sp³-hybridized carbons (Fsp3) is 0.273. The van der Waals surface area contributed by atoms with E-state index in [0.717, 1.165) is 35.8 Å². The lowest BCUT2D eigenvalue weighted by Crippen LogP contribution is -2.31. The molecule has 0 atom stereocenters. The standard InChI is InChI=1S/C22H23FN4O6S2/c1-3-4-5-6-15-17-10-7-13(23)12-27(17)22(29)19(20(15)28)21-24-16-9-8-14(25-34(2,30)31)11-18(16)35(32,33)26-21/h7-12,25,28H,3-6H2,1-2H3,(H,24,26). The Labute approximate surface area is 201 Å². The van der Waals surface area contributed by atoms with Gasteiger partial charge in [-0.3, -0.25) is 13.9 Å². The van der Waals surface area contributed by atoms with Gasteiger partial charge in [0.2, 0.25) is 10.0 Å². The molecule has 3 aromatic rings. The van der Waals surface area contributed by atoms with E-state index in [1.807, 2.05) is 6.92 Å². The molecule has 0 radical (unpaired) electrons. The molecule has 3 N–H and O–H groups in total. The summed E-state index contributed by atoms with van der Waals surface area (Å²) in [6.45, 7) is 2.01. The zero-order valence-corrected chi connectivity index (χ0v) is 20.5. The fourth-order valence-electron chi connectivity index (χ4n) is 3.94. The average molecular weight is 523 g/mol. The van der Waals surface area contributed by atoms with E-state index >= 15 is 0 Å². The van der Waals surface area contributed by atoms with Crippen molar-refractivity contribution < 1.29 is 26.3 Å². The van der Waals surface area contributed by atoms with Crippen molar-refractivity contribution in [2.45, 2.75) is 37.5 Å². The largest absolute Gasteiger partial charge is 0.507 e. The lowest BCUT2D eigenvalue weighted by atomic mass is 10.0. The topological polar surface area (TPSA) is 146 Å². The first-order valence-electron chi connectivity index (χ1n) is 10.7. The highest BCUT2D eigenvalue weighted by Gasteiger charge is 2.30. The Morgan fingerprint density at radius 1 is 1.20 bits per heavy atom. The number of aromatic nitrogens is 1. The molecule has 0 bridgehead atoms. The van der Waals surface area contributed by atoms with Gasteiger partial charge in [0.15, 0.2) is 5.84 Å². The van der Waals surface area contributed by atoms with Crippen LogP contribution in [-0.2, 0) is 26.5 Å². The summed E-state index contributed by atoms with van der Waals surface area (Å²) in [6.07, 6.45) is 4.72. The second-order valence-electron chi connectivity index (χ2n) is 8.19. The quantitative estimate of drug-likeness (QED) is 0.404. The molecular weight excluding hydrogens is 499 g/mol. The SMILES string of the molecule is CCCCCc1c(O)c(C2=NS(=O)(=O)c3cc(NS(C)(=O)=O)ccc3N2)c(=O)n2cc(F)ccc12. The molecule has 35 heavy (non-hydrogen) atoms. The predicted octanol–water partition coefficient (Wildman–Crippen LogP) is 2.81. The number of unbranched alkanes of at least 4 members (excludes halogenated alkanes) is 2. The van der Waals surface area contributed by atoms with Crippen molar-refractivity contribution >= 4 is 42.8 Å². The van der Waals surface area contributed by atoms with Crippen LogP contribution in [0.3, 0.4) is 0 Å². The Morgan fingerprint density at radius 2 is 1.94 bits per heavy atom. The second-order valence-corrected chi connectivity index (χ2v) is 11.5. The van der Waals surface area contributed by atoms with Crippen molar-refractivity contribution in [1.82, 2.24) is 4.40 Å². The lowest BCUT2D eigenvalue weighted by molar-refractivity contribution is 0.464. The zero-order chi connectivity index (χ0) is 25.5. The summed E-state index contributed by atoms with van der Waals surface area (Å²) in [5.41, 5.74) is -0.538. The normalized spacial score (nSPS) is 14.8. The Kier molecular flexibility index (Phi) is 6.32. The number of nitrogens with one attached hydrogen (secondary N) is 2. The number of aromatic hydroxyl groups is 1. The fourth-order valence-corrected chi connectivity index (χ4v) is 5.64. The van der Waals surface area contributed by atoms with E-state index in [2.05, 4.69) is 14.4 Å². The van der Waals surface area contributed by atoms with Crippen LogP contribution in [0.1, 0.15) is 37.3 Å². The van der Waals surface area contributed by atoms with Crippen molar-refractivity contribution in [2.24, 2.45) is 4.40 Å². The molecule has 0 saturated heterocycles. The summed E-state index contributed by atoms with van der Waals surface area (Å²) in [4.78, 5) is 12.9. The summed E-state index contributed by atoms with van der Waals surface area (Å²) in [7, 11) is -8.04. The number of aryl methyl sites for hydroxylation is 1. The first kappa shape index (κ1) is 24.7. The van der Waals surface area contributed by atoms with Crippen molar-refractivity contribution in [2.75, 3.05) is 16.3 Å². The highest BCUT2D eigenvalue weighted by atomic mass is 32.2. The van der Waals surface area contributed by atoms with Gasteiger partial charge in [-0.05, 0) is 43.2 Å². The molecule has 1 aliphatic heterocycles. The molecular formula is C22H23FN4O6S2. The maximum absolute atomic E-state index is 14.0. The van der Waals surface area contributed by atoms with Crippen LogP contribution in [0, 0.1) is 5.82 Å². The summed E-state index contributed by atoms with van der Waals surface area (Å²) in [5, 5.41) is 13.8. The predicted molar refractivity (Wildman–Crippen MR) is 131 cm³/mol. The number of fused-ring (bicyclic) bond motifs is 2. The second kappa shape index (κ2) is 8.96. The van der Waals surface area contributed by atoms with Gasteiger partial charge in [0.05, 0.1) is 17.5 Å². The minimum atomic E-state index is -4.39. The molecule has 186 valence electrons. The number of nitrogens with zero attached hydrogens (tertiary/aromatic N) is 2. The van der Waals surface area contributed by atoms with Gasteiger partial charge in [0.1, 0.15) is 22.0 Å². The number of hydrogen-bond donors (Lipinski definition) is 3. The first-order chi connectivity index (χ1) is 16.4. The van der Waals surface area contributed by atoms with Crippen molar-refractivity contribution in [3.8, 4) is 5.75 Å². The molecule has 13 heteroatoms. The Hall–Kier alpha value is -3.45. The molecule has 3 heterocycles. The van der Waals surface area contributed by atoms with Gasteiger partial charge in [-0.15, -0.1) is 4.40 Å². The third kappa shape index (κ3) is 4.86. The van der Waals surface area contributed by atoms with E-state index in [1.165, 1.54) is 24.3 Å². The Morgan fingerprint density at radius 3 is 2.63 bits per heavy atom. The van der Waals surface area contributed by atoms with Crippen LogP contribution >= 0.6 is 0 Å². The summed E-state index contributed by atoms with van der Waals surface area (Å²) in [6, 6.07) is 6.31. The van der Waals surface area contributed by atoms with Gasteiger partial charge in [-0.1, -0.05) is 19.8 Å². The van der Waals surface area contributed by atoms with E-state index in [9.17, 15) is 31.1 Å². The highest BCUT2D eigenvalue weighted by molar-refractivity contribution is 7.92. The molecule has 0 fully saturated rings. The molecule has 10 nitrogen and oxygen atoms in total. The number of amidine groups is 1. The summed E-state index contributed by atoms with van der Waals surface area (Å²) in [5.74, 6) is -1.53. The van der Waals surface area contributed by atoms with Crippen LogP contribution in [0.25, 0.3) is 5.52 Å². The molecule has 4 rings (SSSR count). The van der Waals surface area contributed by atoms with Crippen LogP contribution in [-0.4, -0.2) is 38.4 Å². The molecule has 0 unspecified atom stereocenters. The number of hydrogen-bond acceptors (Lipinski definition) is 7. The number of anilines is 2. The number of sulfonamides is 2. The lowest BCUT2D eigenvalue weighted by Gasteiger charge is -2.21. The third-order valence-corrected chi connectivity index (χ3v) is 7.39. The maximum atomic E-state index is 14.0. The molecule has 2 aromatic heterocycles. The van der Waals surface area contributed by atoms with Crippen LogP contribution in [0.2, 0.25) is 0 Å². The minimum Gasteiger partial charge on any atom is -0.507 e. The summed E-state index contributed by atoms with van der Waals surface area (Å²) >= 11 is 0. The number of halogens is 1. The third-order valence-electron chi connectivity index (χ3n) is 5.47. The van der Waals surface area contributed by atoms with Gasteiger partial charge >= 0.3 is 0 Å². The van der Waals surface area contributed by atoms with E-state index in [1.54, 1.807) is 0 Å². The van der Waals surface area contributed by atoms with Gasteiger partial charge in [-0.2, -0.15) is 8.42 Å². The molecule has 1 aliphatic rings. The zero-order valence-electron chi connectivity index (χ0n) is 18.9. The van der Waals surface area contributed by atoms with Crippen LogP contribution in [0.5, 0.6) is 5.75 Å².